The van der Waals surface area contributed by atoms with Crippen molar-refractivity contribution in [2.75, 3.05) is 13.1 Å². The van der Waals surface area contributed by atoms with Gasteiger partial charge in [-0.15, -0.1) is 11.3 Å². The van der Waals surface area contributed by atoms with Gasteiger partial charge in [-0.2, -0.15) is 0 Å². The SMILES string of the molecule is c1cc2c(C3CCCNC3)c[nH]c2s1. The van der Waals surface area contributed by atoms with Gasteiger partial charge in [-0.25, -0.2) is 0 Å². The van der Waals surface area contributed by atoms with Crippen LogP contribution in [-0.4, -0.2) is 18.1 Å². The van der Waals surface area contributed by atoms with Gasteiger partial charge in [0, 0.05) is 18.1 Å². The van der Waals surface area contributed by atoms with E-state index in [1.807, 2.05) is 0 Å². The molecule has 0 spiro atoms. The Bertz CT molecular complexity index is 423. The van der Waals surface area contributed by atoms with E-state index in [1.54, 1.807) is 11.3 Å². The maximum Gasteiger partial charge on any atom is 0.0999 e. The number of hydrogen-bond acceptors (Lipinski definition) is 2. The van der Waals surface area contributed by atoms with Crippen LogP contribution in [0.25, 0.3) is 10.2 Å². The molecule has 1 unspecified atom stereocenters. The molecule has 2 aromatic rings. The van der Waals surface area contributed by atoms with E-state index in [0.29, 0.717) is 5.92 Å². The van der Waals surface area contributed by atoms with Gasteiger partial charge in [-0.05, 0) is 42.3 Å². The summed E-state index contributed by atoms with van der Waals surface area (Å²) < 4.78 is 0. The van der Waals surface area contributed by atoms with Gasteiger partial charge in [0.2, 0.25) is 0 Å². The maximum atomic E-state index is 3.47. The highest BCUT2D eigenvalue weighted by atomic mass is 32.1. The molecule has 0 bridgehead atoms. The van der Waals surface area contributed by atoms with E-state index >= 15 is 0 Å². The average Bonchev–Trinajstić information content (AvgIpc) is 2.79. The minimum Gasteiger partial charge on any atom is -0.353 e. The van der Waals surface area contributed by atoms with Crippen molar-refractivity contribution in [2.24, 2.45) is 0 Å². The first-order valence-corrected chi connectivity index (χ1v) is 6.08. The van der Waals surface area contributed by atoms with Crippen LogP contribution >= 0.6 is 11.3 Å². The lowest BCUT2D eigenvalue weighted by Crippen LogP contribution is -2.28. The minimum atomic E-state index is 0.715. The summed E-state index contributed by atoms with van der Waals surface area (Å²) in [5.74, 6) is 0.715. The van der Waals surface area contributed by atoms with E-state index in [9.17, 15) is 0 Å². The summed E-state index contributed by atoms with van der Waals surface area (Å²) in [6.07, 6.45) is 4.83. The lowest BCUT2D eigenvalue weighted by molar-refractivity contribution is 0.463. The molecule has 3 heteroatoms. The molecule has 0 radical (unpaired) electrons. The predicted octanol–water partition coefficient (Wildman–Crippen LogP) is 2.70. The van der Waals surface area contributed by atoms with Crippen LogP contribution in [0, 0.1) is 0 Å². The summed E-state index contributed by atoms with van der Waals surface area (Å²) in [6, 6.07) is 2.24. The Labute approximate surface area is 87.3 Å². The fraction of sp³-hybridized carbons (Fsp3) is 0.455. The van der Waals surface area contributed by atoms with Crippen LogP contribution in [-0.2, 0) is 0 Å². The summed E-state index contributed by atoms with van der Waals surface area (Å²) in [4.78, 5) is 4.68. The molecule has 14 heavy (non-hydrogen) atoms. The number of nitrogens with one attached hydrogen (secondary N) is 2. The van der Waals surface area contributed by atoms with Gasteiger partial charge in [0.05, 0.1) is 4.83 Å². The van der Waals surface area contributed by atoms with Gasteiger partial charge in [-0.3, -0.25) is 0 Å². The second-order valence-electron chi connectivity index (χ2n) is 3.95. The number of H-pyrrole nitrogens is 1. The number of aromatic amines is 1. The molecule has 2 N–H and O–H groups in total. The second-order valence-corrected chi connectivity index (χ2v) is 4.87. The Hall–Kier alpha value is -0.800. The van der Waals surface area contributed by atoms with Crippen molar-refractivity contribution in [3.05, 3.63) is 23.2 Å². The van der Waals surface area contributed by atoms with Crippen LogP contribution in [0.4, 0.5) is 0 Å². The molecule has 1 atom stereocenters. The van der Waals surface area contributed by atoms with Crippen molar-refractivity contribution >= 4 is 21.6 Å². The van der Waals surface area contributed by atoms with Gasteiger partial charge in [0.15, 0.2) is 0 Å². The summed E-state index contributed by atoms with van der Waals surface area (Å²) in [6.45, 7) is 2.33. The summed E-state index contributed by atoms with van der Waals surface area (Å²) in [5.41, 5.74) is 1.51. The van der Waals surface area contributed by atoms with Crippen LogP contribution in [0.15, 0.2) is 17.6 Å². The van der Waals surface area contributed by atoms with Crippen molar-refractivity contribution in [3.8, 4) is 0 Å². The average molecular weight is 206 g/mol. The smallest absolute Gasteiger partial charge is 0.0999 e. The fourth-order valence-electron chi connectivity index (χ4n) is 2.32. The molecule has 0 saturated carbocycles. The first kappa shape index (κ1) is 8.50. The normalized spacial score (nSPS) is 23.0. The number of piperidine rings is 1. The zero-order valence-corrected chi connectivity index (χ0v) is 8.86. The molecule has 3 rings (SSSR count). The Morgan fingerprint density at radius 2 is 2.43 bits per heavy atom. The molecule has 0 amide bonds. The first-order valence-electron chi connectivity index (χ1n) is 5.20. The molecule has 3 heterocycles. The van der Waals surface area contributed by atoms with Crippen molar-refractivity contribution < 1.29 is 0 Å². The molecule has 1 aliphatic heterocycles. The number of thiophene rings is 1. The highest BCUT2D eigenvalue weighted by Crippen LogP contribution is 2.32. The molecule has 1 saturated heterocycles. The Balaban J connectivity index is 1.99. The zero-order chi connectivity index (χ0) is 9.38. The highest BCUT2D eigenvalue weighted by Gasteiger charge is 2.18. The fourth-order valence-corrected chi connectivity index (χ4v) is 3.10. The highest BCUT2D eigenvalue weighted by molar-refractivity contribution is 7.16. The van der Waals surface area contributed by atoms with Gasteiger partial charge in [-0.1, -0.05) is 0 Å². The maximum absolute atomic E-state index is 3.47. The molecular formula is C11H14N2S. The van der Waals surface area contributed by atoms with E-state index in [1.165, 1.54) is 35.2 Å². The molecule has 2 nitrogen and oxygen atoms in total. The van der Waals surface area contributed by atoms with Crippen LogP contribution in [0.1, 0.15) is 24.3 Å². The van der Waals surface area contributed by atoms with Gasteiger partial charge in [0.25, 0.3) is 0 Å². The Kier molecular flexibility index (Phi) is 2.07. The van der Waals surface area contributed by atoms with Gasteiger partial charge < -0.3 is 10.3 Å². The van der Waals surface area contributed by atoms with Crippen molar-refractivity contribution in [1.29, 1.82) is 0 Å². The number of hydrogen-bond donors (Lipinski definition) is 2. The number of fused-ring (bicyclic) bond motifs is 1. The third-order valence-electron chi connectivity index (χ3n) is 3.07. The van der Waals surface area contributed by atoms with Crippen LogP contribution < -0.4 is 5.32 Å². The molecular weight excluding hydrogens is 192 g/mol. The van der Waals surface area contributed by atoms with Crippen LogP contribution in [0.5, 0.6) is 0 Å². The van der Waals surface area contributed by atoms with Gasteiger partial charge in [0.1, 0.15) is 0 Å². The third kappa shape index (κ3) is 1.28. The lowest BCUT2D eigenvalue weighted by Gasteiger charge is -2.22. The summed E-state index contributed by atoms with van der Waals surface area (Å²) in [7, 11) is 0. The first-order chi connectivity index (χ1) is 6.95. The molecule has 2 aromatic heterocycles. The van der Waals surface area contributed by atoms with Crippen molar-refractivity contribution in [2.45, 2.75) is 18.8 Å². The van der Waals surface area contributed by atoms with E-state index < -0.39 is 0 Å². The quantitative estimate of drug-likeness (QED) is 0.737. The van der Waals surface area contributed by atoms with E-state index in [0.717, 1.165) is 6.54 Å². The second kappa shape index (κ2) is 3.41. The monoisotopic (exact) mass is 206 g/mol. The number of aromatic nitrogens is 1. The molecule has 1 aliphatic rings. The summed E-state index contributed by atoms with van der Waals surface area (Å²) in [5, 5.41) is 7.07. The number of rotatable bonds is 1. The van der Waals surface area contributed by atoms with E-state index in [4.69, 9.17) is 0 Å². The standard InChI is InChI=1S/C11H14N2S/c1-2-8(6-12-4-1)10-7-13-11-9(10)3-5-14-11/h3,5,7-8,12-13H,1-2,4,6H2. The Morgan fingerprint density at radius 3 is 3.29 bits per heavy atom. The van der Waals surface area contributed by atoms with Gasteiger partial charge >= 0.3 is 0 Å². The predicted molar refractivity (Wildman–Crippen MR) is 61.0 cm³/mol. The molecule has 0 aromatic carbocycles. The topological polar surface area (TPSA) is 27.8 Å². The third-order valence-corrected chi connectivity index (χ3v) is 3.92. The molecule has 74 valence electrons. The van der Waals surface area contributed by atoms with Crippen molar-refractivity contribution in [1.82, 2.24) is 10.3 Å². The van der Waals surface area contributed by atoms with Crippen molar-refractivity contribution in [3.63, 3.8) is 0 Å². The molecule has 1 fully saturated rings. The van der Waals surface area contributed by atoms with Crippen LogP contribution in [0.2, 0.25) is 0 Å². The largest absolute Gasteiger partial charge is 0.353 e. The summed E-state index contributed by atoms with van der Waals surface area (Å²) >= 11 is 1.80. The molecule has 0 aliphatic carbocycles. The Morgan fingerprint density at radius 1 is 1.43 bits per heavy atom. The minimum absolute atomic E-state index is 0.715. The zero-order valence-electron chi connectivity index (χ0n) is 8.05. The van der Waals surface area contributed by atoms with Crippen LogP contribution in [0.3, 0.4) is 0 Å². The lowest BCUT2D eigenvalue weighted by atomic mass is 9.92. The van der Waals surface area contributed by atoms with E-state index in [2.05, 4.69) is 27.9 Å². The van der Waals surface area contributed by atoms with E-state index in [-0.39, 0.29) is 0 Å².